The Bertz CT molecular complexity index is 512. The Morgan fingerprint density at radius 1 is 1.31 bits per heavy atom. The van der Waals surface area contributed by atoms with Crippen molar-refractivity contribution in [1.82, 2.24) is 9.78 Å². The Labute approximate surface area is 95.9 Å². The van der Waals surface area contributed by atoms with Gasteiger partial charge in [-0.05, 0) is 19.4 Å². The van der Waals surface area contributed by atoms with Gasteiger partial charge >= 0.3 is 0 Å². The van der Waals surface area contributed by atoms with Crippen molar-refractivity contribution in [3.05, 3.63) is 41.1 Å². The molecule has 0 fully saturated rings. The molecule has 1 heterocycles. The topological polar surface area (TPSA) is 43.8 Å². The molecule has 1 aromatic heterocycles. The second-order valence-corrected chi connectivity index (χ2v) is 4.16. The van der Waals surface area contributed by atoms with Gasteiger partial charge in [0.1, 0.15) is 0 Å². The van der Waals surface area contributed by atoms with Crippen LogP contribution in [0.15, 0.2) is 24.4 Å². The quantitative estimate of drug-likeness (QED) is 0.834. The van der Waals surface area contributed by atoms with Crippen LogP contribution in [0.5, 0.6) is 0 Å². The van der Waals surface area contributed by atoms with Crippen molar-refractivity contribution in [2.24, 2.45) is 12.8 Å². The van der Waals surface area contributed by atoms with Crippen molar-refractivity contribution in [3.63, 3.8) is 0 Å². The van der Waals surface area contributed by atoms with Crippen molar-refractivity contribution in [2.75, 3.05) is 0 Å². The van der Waals surface area contributed by atoms with Crippen LogP contribution < -0.4 is 5.73 Å². The van der Waals surface area contributed by atoms with Crippen LogP contribution in [0.25, 0.3) is 11.3 Å². The summed E-state index contributed by atoms with van der Waals surface area (Å²) >= 11 is 0. The molecule has 1 aromatic carbocycles. The number of aromatic nitrogens is 2. The molecule has 3 heteroatoms. The van der Waals surface area contributed by atoms with Gasteiger partial charge in [-0.25, -0.2) is 0 Å². The molecular weight excluding hydrogens is 198 g/mol. The first kappa shape index (κ1) is 10.9. The Morgan fingerprint density at radius 3 is 2.69 bits per heavy atom. The first-order valence-corrected chi connectivity index (χ1v) is 5.42. The van der Waals surface area contributed by atoms with Crippen LogP contribution in [0.4, 0.5) is 0 Å². The third kappa shape index (κ3) is 1.74. The van der Waals surface area contributed by atoms with Gasteiger partial charge in [-0.3, -0.25) is 4.68 Å². The number of aryl methyl sites for hydroxylation is 3. The molecule has 0 saturated carbocycles. The van der Waals surface area contributed by atoms with E-state index in [2.05, 4.69) is 37.1 Å². The first-order valence-electron chi connectivity index (χ1n) is 5.42. The lowest BCUT2D eigenvalue weighted by Gasteiger charge is -2.09. The predicted molar refractivity (Wildman–Crippen MR) is 66.0 cm³/mol. The summed E-state index contributed by atoms with van der Waals surface area (Å²) in [6.07, 6.45) is 1.84. The molecule has 0 aliphatic carbocycles. The van der Waals surface area contributed by atoms with Crippen molar-refractivity contribution >= 4 is 0 Å². The number of hydrogen-bond acceptors (Lipinski definition) is 2. The Kier molecular flexibility index (Phi) is 2.79. The van der Waals surface area contributed by atoms with Crippen LogP contribution >= 0.6 is 0 Å². The Balaban J connectivity index is 2.62. The minimum Gasteiger partial charge on any atom is -0.326 e. The summed E-state index contributed by atoms with van der Waals surface area (Å²) in [5, 5.41) is 4.26. The van der Waals surface area contributed by atoms with Gasteiger partial charge in [0.2, 0.25) is 0 Å². The summed E-state index contributed by atoms with van der Waals surface area (Å²) in [7, 11) is 1.95. The maximum atomic E-state index is 5.73. The van der Waals surface area contributed by atoms with Gasteiger partial charge in [0.25, 0.3) is 0 Å². The smallest absolute Gasteiger partial charge is 0.0726 e. The Morgan fingerprint density at radius 2 is 2.06 bits per heavy atom. The van der Waals surface area contributed by atoms with Crippen LogP contribution in [0.2, 0.25) is 0 Å². The SMILES string of the molecule is Cc1ccc(-c2c(CN)cnn2C)c(C)c1. The van der Waals surface area contributed by atoms with Crippen LogP contribution in [0, 0.1) is 13.8 Å². The highest BCUT2D eigenvalue weighted by Gasteiger charge is 2.11. The van der Waals surface area contributed by atoms with E-state index >= 15 is 0 Å². The highest BCUT2D eigenvalue weighted by Crippen LogP contribution is 2.26. The summed E-state index contributed by atoms with van der Waals surface area (Å²) < 4.78 is 1.89. The van der Waals surface area contributed by atoms with E-state index in [1.807, 2.05) is 17.9 Å². The largest absolute Gasteiger partial charge is 0.326 e. The number of nitrogens with two attached hydrogens (primary N) is 1. The maximum absolute atomic E-state index is 5.73. The van der Waals surface area contributed by atoms with Gasteiger partial charge in [-0.2, -0.15) is 5.10 Å². The highest BCUT2D eigenvalue weighted by molar-refractivity contribution is 5.67. The predicted octanol–water partition coefficient (Wildman–Crippen LogP) is 2.16. The van der Waals surface area contributed by atoms with Gasteiger partial charge in [0, 0.05) is 24.7 Å². The van der Waals surface area contributed by atoms with E-state index in [0.29, 0.717) is 6.54 Å². The monoisotopic (exact) mass is 215 g/mol. The second kappa shape index (κ2) is 4.10. The number of rotatable bonds is 2. The molecule has 0 amide bonds. The summed E-state index contributed by atoms with van der Waals surface area (Å²) in [6, 6.07) is 6.44. The molecule has 84 valence electrons. The average Bonchev–Trinajstić information content (AvgIpc) is 2.60. The molecule has 0 radical (unpaired) electrons. The molecule has 2 aromatic rings. The van der Waals surface area contributed by atoms with Gasteiger partial charge < -0.3 is 5.73 Å². The van der Waals surface area contributed by atoms with Crippen LogP contribution in [-0.4, -0.2) is 9.78 Å². The van der Waals surface area contributed by atoms with Gasteiger partial charge in [-0.1, -0.05) is 23.8 Å². The zero-order valence-corrected chi connectivity index (χ0v) is 9.99. The highest BCUT2D eigenvalue weighted by atomic mass is 15.3. The fourth-order valence-corrected chi connectivity index (χ4v) is 2.06. The second-order valence-electron chi connectivity index (χ2n) is 4.16. The first-order chi connectivity index (χ1) is 7.63. The zero-order chi connectivity index (χ0) is 11.7. The Hall–Kier alpha value is -1.61. The van der Waals surface area contributed by atoms with E-state index in [0.717, 1.165) is 11.3 Å². The number of benzene rings is 1. The standard InChI is InChI=1S/C13H17N3/c1-9-4-5-12(10(2)6-9)13-11(7-14)8-15-16(13)3/h4-6,8H,7,14H2,1-3H3. The molecule has 0 aliphatic rings. The third-order valence-electron chi connectivity index (χ3n) is 2.87. The number of nitrogens with zero attached hydrogens (tertiary/aromatic N) is 2. The zero-order valence-electron chi connectivity index (χ0n) is 9.99. The van der Waals surface area contributed by atoms with Crippen molar-refractivity contribution < 1.29 is 0 Å². The molecule has 0 atom stereocenters. The fourth-order valence-electron chi connectivity index (χ4n) is 2.06. The minimum atomic E-state index is 0.524. The van der Waals surface area contributed by atoms with Crippen LogP contribution in [0.3, 0.4) is 0 Å². The average molecular weight is 215 g/mol. The van der Waals surface area contributed by atoms with Crippen LogP contribution in [-0.2, 0) is 13.6 Å². The van der Waals surface area contributed by atoms with E-state index < -0.39 is 0 Å². The van der Waals surface area contributed by atoms with Crippen molar-refractivity contribution in [2.45, 2.75) is 20.4 Å². The van der Waals surface area contributed by atoms with Crippen molar-refractivity contribution in [3.8, 4) is 11.3 Å². The van der Waals surface area contributed by atoms with E-state index in [4.69, 9.17) is 5.73 Å². The van der Waals surface area contributed by atoms with Crippen LogP contribution in [0.1, 0.15) is 16.7 Å². The third-order valence-corrected chi connectivity index (χ3v) is 2.87. The molecule has 3 nitrogen and oxygen atoms in total. The summed E-state index contributed by atoms with van der Waals surface area (Å²) in [4.78, 5) is 0. The summed E-state index contributed by atoms with van der Waals surface area (Å²) in [5.74, 6) is 0. The molecule has 0 bridgehead atoms. The van der Waals surface area contributed by atoms with Gasteiger partial charge in [0.15, 0.2) is 0 Å². The molecule has 2 rings (SSSR count). The molecule has 2 N–H and O–H groups in total. The molecule has 0 aliphatic heterocycles. The lowest BCUT2D eigenvalue weighted by atomic mass is 10.0. The van der Waals surface area contributed by atoms with Crippen molar-refractivity contribution in [1.29, 1.82) is 0 Å². The van der Waals surface area contributed by atoms with E-state index in [9.17, 15) is 0 Å². The normalized spacial score (nSPS) is 10.8. The van der Waals surface area contributed by atoms with E-state index in [-0.39, 0.29) is 0 Å². The molecule has 0 unspecified atom stereocenters. The molecule has 0 saturated heterocycles. The minimum absolute atomic E-state index is 0.524. The van der Waals surface area contributed by atoms with E-state index in [1.54, 1.807) is 0 Å². The van der Waals surface area contributed by atoms with E-state index in [1.165, 1.54) is 16.7 Å². The maximum Gasteiger partial charge on any atom is 0.0726 e. The van der Waals surface area contributed by atoms with Gasteiger partial charge in [-0.15, -0.1) is 0 Å². The lowest BCUT2D eigenvalue weighted by Crippen LogP contribution is -2.01. The molecular formula is C13H17N3. The molecule has 0 spiro atoms. The molecule has 16 heavy (non-hydrogen) atoms. The number of hydrogen-bond donors (Lipinski definition) is 1. The summed E-state index contributed by atoms with van der Waals surface area (Å²) in [6.45, 7) is 4.75. The van der Waals surface area contributed by atoms with Gasteiger partial charge in [0.05, 0.1) is 11.9 Å². The summed E-state index contributed by atoms with van der Waals surface area (Å²) in [5.41, 5.74) is 11.7. The fraction of sp³-hybridized carbons (Fsp3) is 0.308. The lowest BCUT2D eigenvalue weighted by molar-refractivity contribution is 0.774.